The predicted molar refractivity (Wildman–Crippen MR) is 56.5 cm³/mol. The number of carbonyl (C=O) groups is 1. The maximum absolute atomic E-state index is 11.8. The van der Waals surface area contributed by atoms with Crippen molar-refractivity contribution >= 4 is 5.91 Å². The Hall–Kier alpha value is -1.36. The number of hydrogen-bond acceptors (Lipinski definition) is 3. The highest BCUT2D eigenvalue weighted by Crippen LogP contribution is 2.08. The molecule has 0 aliphatic carbocycles. The molecule has 82 valence electrons. The normalized spacial score (nSPS) is 25.5. The highest BCUT2D eigenvalue weighted by molar-refractivity contribution is 5.92. The Kier molecular flexibility index (Phi) is 2.73. The van der Waals surface area contributed by atoms with Gasteiger partial charge in [0.25, 0.3) is 5.91 Å². The van der Waals surface area contributed by atoms with E-state index in [9.17, 15) is 4.79 Å². The lowest BCUT2D eigenvalue weighted by Gasteiger charge is -2.16. The number of imidazole rings is 1. The number of carbonyl (C=O) groups excluding carboxylic acids is 1. The lowest BCUT2D eigenvalue weighted by molar-refractivity contribution is 0.0924. The molecule has 1 aromatic rings. The Balaban J connectivity index is 2.01. The molecular formula is C10H16N4O. The minimum Gasteiger partial charge on any atom is -0.346 e. The molecule has 1 saturated heterocycles. The molecule has 1 aliphatic heterocycles. The van der Waals surface area contributed by atoms with E-state index < -0.39 is 0 Å². The van der Waals surface area contributed by atoms with Crippen LogP contribution in [-0.4, -0.2) is 34.6 Å². The molecule has 0 radical (unpaired) electrons. The number of aryl methyl sites for hydroxylation is 1. The maximum Gasteiger partial charge on any atom is 0.269 e. The van der Waals surface area contributed by atoms with E-state index in [4.69, 9.17) is 0 Å². The minimum absolute atomic E-state index is 0.0458. The smallest absolute Gasteiger partial charge is 0.269 e. The molecule has 0 spiro atoms. The van der Waals surface area contributed by atoms with Crippen LogP contribution in [0.2, 0.25) is 0 Å². The number of nitrogens with one attached hydrogen (secondary N) is 2. The molecular weight excluding hydrogens is 192 g/mol. The Morgan fingerprint density at radius 1 is 1.67 bits per heavy atom. The van der Waals surface area contributed by atoms with Crippen molar-refractivity contribution in [3.8, 4) is 0 Å². The van der Waals surface area contributed by atoms with Crippen LogP contribution < -0.4 is 10.6 Å². The third-order valence-corrected chi connectivity index (χ3v) is 2.88. The summed E-state index contributed by atoms with van der Waals surface area (Å²) in [6.45, 7) is 3.95. The van der Waals surface area contributed by atoms with Gasteiger partial charge in [-0.3, -0.25) is 4.79 Å². The van der Waals surface area contributed by atoms with Crippen LogP contribution in [0.4, 0.5) is 0 Å². The largest absolute Gasteiger partial charge is 0.346 e. The summed E-state index contributed by atoms with van der Waals surface area (Å²) in [6.07, 6.45) is 3.22. The fraction of sp³-hybridized carbons (Fsp3) is 0.600. The molecule has 2 unspecified atom stereocenters. The van der Waals surface area contributed by atoms with Gasteiger partial charge in [-0.1, -0.05) is 6.92 Å². The molecule has 2 heterocycles. The quantitative estimate of drug-likeness (QED) is 0.705. The van der Waals surface area contributed by atoms with Crippen LogP contribution >= 0.6 is 0 Å². The van der Waals surface area contributed by atoms with Gasteiger partial charge < -0.3 is 15.2 Å². The van der Waals surface area contributed by atoms with E-state index in [0.29, 0.717) is 11.6 Å². The third-order valence-electron chi connectivity index (χ3n) is 2.88. The SMILES string of the molecule is CC1CNCC1NC(=O)c1cncn1C. The molecule has 1 aromatic heterocycles. The molecule has 0 bridgehead atoms. The molecule has 2 N–H and O–H groups in total. The van der Waals surface area contributed by atoms with Gasteiger partial charge in [0, 0.05) is 19.6 Å². The monoisotopic (exact) mass is 208 g/mol. The Morgan fingerprint density at radius 3 is 3.00 bits per heavy atom. The zero-order valence-corrected chi connectivity index (χ0v) is 9.03. The first-order chi connectivity index (χ1) is 7.18. The second kappa shape index (κ2) is 4.02. The number of rotatable bonds is 2. The third kappa shape index (κ3) is 2.02. The van der Waals surface area contributed by atoms with E-state index in [1.54, 1.807) is 17.1 Å². The fourth-order valence-electron chi connectivity index (χ4n) is 1.82. The van der Waals surface area contributed by atoms with E-state index in [1.807, 2.05) is 7.05 Å². The molecule has 5 heteroatoms. The van der Waals surface area contributed by atoms with Gasteiger partial charge >= 0.3 is 0 Å². The lowest BCUT2D eigenvalue weighted by atomic mass is 10.1. The zero-order valence-electron chi connectivity index (χ0n) is 9.03. The molecule has 2 atom stereocenters. The topological polar surface area (TPSA) is 58.9 Å². The maximum atomic E-state index is 11.8. The van der Waals surface area contributed by atoms with Gasteiger partial charge in [0.1, 0.15) is 5.69 Å². The van der Waals surface area contributed by atoms with Crippen LogP contribution in [0.3, 0.4) is 0 Å². The predicted octanol–water partition coefficient (Wildman–Crippen LogP) is -0.242. The van der Waals surface area contributed by atoms with Crippen LogP contribution in [0.15, 0.2) is 12.5 Å². The molecule has 1 fully saturated rings. The molecule has 5 nitrogen and oxygen atoms in total. The van der Waals surface area contributed by atoms with Crippen molar-refractivity contribution < 1.29 is 4.79 Å². The molecule has 2 rings (SSSR count). The lowest BCUT2D eigenvalue weighted by Crippen LogP contribution is -2.40. The van der Waals surface area contributed by atoms with E-state index in [2.05, 4.69) is 22.5 Å². The van der Waals surface area contributed by atoms with Crippen LogP contribution in [-0.2, 0) is 7.05 Å². The first-order valence-electron chi connectivity index (χ1n) is 5.16. The average Bonchev–Trinajstić information content (AvgIpc) is 2.76. The van der Waals surface area contributed by atoms with Crippen LogP contribution in [0.5, 0.6) is 0 Å². The summed E-state index contributed by atoms with van der Waals surface area (Å²) < 4.78 is 1.72. The molecule has 1 amide bonds. The van der Waals surface area contributed by atoms with Crippen LogP contribution in [0, 0.1) is 5.92 Å². The second-order valence-corrected chi connectivity index (χ2v) is 4.11. The standard InChI is InChI=1S/C10H16N4O/c1-7-3-11-4-8(7)13-10(15)9-5-12-6-14(9)2/h5-8,11H,3-4H2,1-2H3,(H,13,15). The highest BCUT2D eigenvalue weighted by atomic mass is 16.2. The number of aromatic nitrogens is 2. The first kappa shape index (κ1) is 10.2. The van der Waals surface area contributed by atoms with Crippen molar-refractivity contribution in [2.24, 2.45) is 13.0 Å². The van der Waals surface area contributed by atoms with Gasteiger partial charge in [0.2, 0.25) is 0 Å². The highest BCUT2D eigenvalue weighted by Gasteiger charge is 2.25. The number of nitrogens with zero attached hydrogens (tertiary/aromatic N) is 2. The zero-order chi connectivity index (χ0) is 10.8. The summed E-state index contributed by atoms with van der Waals surface area (Å²) in [5, 5.41) is 6.26. The minimum atomic E-state index is -0.0458. The van der Waals surface area contributed by atoms with Crippen LogP contribution in [0.25, 0.3) is 0 Å². The molecule has 0 saturated carbocycles. The van der Waals surface area contributed by atoms with Gasteiger partial charge in [-0.05, 0) is 12.5 Å². The van der Waals surface area contributed by atoms with Crippen molar-refractivity contribution in [1.29, 1.82) is 0 Å². The average molecular weight is 208 g/mol. The summed E-state index contributed by atoms with van der Waals surface area (Å²) in [4.78, 5) is 15.8. The van der Waals surface area contributed by atoms with Crippen LogP contribution in [0.1, 0.15) is 17.4 Å². The van der Waals surface area contributed by atoms with Gasteiger partial charge in [-0.15, -0.1) is 0 Å². The first-order valence-corrected chi connectivity index (χ1v) is 5.16. The molecule has 1 aliphatic rings. The molecule has 15 heavy (non-hydrogen) atoms. The van der Waals surface area contributed by atoms with Gasteiger partial charge in [-0.2, -0.15) is 0 Å². The summed E-state index contributed by atoms with van der Waals surface area (Å²) in [7, 11) is 1.82. The summed E-state index contributed by atoms with van der Waals surface area (Å²) in [5.74, 6) is 0.442. The van der Waals surface area contributed by atoms with E-state index in [1.165, 1.54) is 0 Å². The van der Waals surface area contributed by atoms with E-state index >= 15 is 0 Å². The molecule has 0 aromatic carbocycles. The van der Waals surface area contributed by atoms with Crippen molar-refractivity contribution in [2.45, 2.75) is 13.0 Å². The summed E-state index contributed by atoms with van der Waals surface area (Å²) in [5.41, 5.74) is 0.606. The van der Waals surface area contributed by atoms with Crippen molar-refractivity contribution in [3.63, 3.8) is 0 Å². The van der Waals surface area contributed by atoms with Gasteiger partial charge in [0.15, 0.2) is 0 Å². The van der Waals surface area contributed by atoms with E-state index in [0.717, 1.165) is 13.1 Å². The fourth-order valence-corrected chi connectivity index (χ4v) is 1.82. The summed E-state index contributed by atoms with van der Waals surface area (Å²) >= 11 is 0. The Morgan fingerprint density at radius 2 is 2.47 bits per heavy atom. The van der Waals surface area contributed by atoms with E-state index in [-0.39, 0.29) is 11.9 Å². The Labute approximate surface area is 88.9 Å². The number of amides is 1. The van der Waals surface area contributed by atoms with Crippen molar-refractivity contribution in [1.82, 2.24) is 20.2 Å². The summed E-state index contributed by atoms with van der Waals surface area (Å²) in [6, 6.07) is 0.229. The van der Waals surface area contributed by atoms with Crippen molar-refractivity contribution in [2.75, 3.05) is 13.1 Å². The number of hydrogen-bond donors (Lipinski definition) is 2. The Bertz CT molecular complexity index is 360. The second-order valence-electron chi connectivity index (χ2n) is 4.11. The van der Waals surface area contributed by atoms with Crippen molar-refractivity contribution in [3.05, 3.63) is 18.2 Å². The van der Waals surface area contributed by atoms with Gasteiger partial charge in [-0.25, -0.2) is 4.98 Å². The van der Waals surface area contributed by atoms with Gasteiger partial charge in [0.05, 0.1) is 12.5 Å².